The lowest BCUT2D eigenvalue weighted by molar-refractivity contribution is 0.101. The highest BCUT2D eigenvalue weighted by molar-refractivity contribution is 6.02. The molecule has 1 heterocycles. The van der Waals surface area contributed by atoms with E-state index in [1.807, 2.05) is 18.2 Å². The van der Waals surface area contributed by atoms with Gasteiger partial charge in [-0.25, -0.2) is 0 Å². The monoisotopic (exact) mass is 276 g/mol. The van der Waals surface area contributed by atoms with Crippen molar-refractivity contribution in [1.82, 2.24) is 4.90 Å². The predicted octanol–water partition coefficient (Wildman–Crippen LogP) is 2.29. The molecule has 0 aromatic heterocycles. The predicted molar refractivity (Wildman–Crippen MR) is 81.9 cm³/mol. The van der Waals surface area contributed by atoms with Crippen LogP contribution in [-0.2, 0) is 0 Å². The second-order valence-electron chi connectivity index (χ2n) is 5.71. The fraction of sp³-hybridized carbons (Fsp3) is 0.562. The summed E-state index contributed by atoms with van der Waals surface area (Å²) in [6.07, 6.45) is 1.22. The normalized spacial score (nSPS) is 19.1. The Morgan fingerprint density at radius 2 is 2.25 bits per heavy atom. The molecule has 1 atom stereocenters. The Balaban J connectivity index is 2.20. The van der Waals surface area contributed by atoms with Crippen LogP contribution in [0, 0.1) is 5.92 Å². The first kappa shape index (κ1) is 14.9. The first-order chi connectivity index (χ1) is 9.52. The summed E-state index contributed by atoms with van der Waals surface area (Å²) in [6, 6.07) is 5.78. The SMILES string of the molecule is COc1cccc(N(C)CC2CCN(C)C2)c1C(C)=O. The van der Waals surface area contributed by atoms with E-state index in [2.05, 4.69) is 23.9 Å². The number of nitrogens with zero attached hydrogens (tertiary/aromatic N) is 2. The zero-order valence-corrected chi connectivity index (χ0v) is 12.8. The molecule has 110 valence electrons. The van der Waals surface area contributed by atoms with E-state index in [9.17, 15) is 4.79 Å². The minimum Gasteiger partial charge on any atom is -0.496 e. The third-order valence-corrected chi connectivity index (χ3v) is 4.01. The molecule has 4 nitrogen and oxygen atoms in total. The zero-order chi connectivity index (χ0) is 14.7. The van der Waals surface area contributed by atoms with E-state index in [4.69, 9.17) is 4.74 Å². The van der Waals surface area contributed by atoms with Crippen molar-refractivity contribution in [3.05, 3.63) is 23.8 Å². The van der Waals surface area contributed by atoms with Crippen molar-refractivity contribution in [2.45, 2.75) is 13.3 Å². The van der Waals surface area contributed by atoms with Gasteiger partial charge in [-0.1, -0.05) is 6.07 Å². The maximum atomic E-state index is 11.9. The number of carbonyl (C=O) groups excluding carboxylic acids is 1. The molecule has 1 aliphatic heterocycles. The van der Waals surface area contributed by atoms with Gasteiger partial charge in [-0.15, -0.1) is 0 Å². The molecule has 0 spiro atoms. The van der Waals surface area contributed by atoms with Crippen LogP contribution < -0.4 is 9.64 Å². The van der Waals surface area contributed by atoms with E-state index in [-0.39, 0.29) is 5.78 Å². The van der Waals surface area contributed by atoms with E-state index in [0.717, 1.165) is 25.3 Å². The van der Waals surface area contributed by atoms with Gasteiger partial charge in [0.15, 0.2) is 5.78 Å². The van der Waals surface area contributed by atoms with Crippen LogP contribution in [0.3, 0.4) is 0 Å². The number of likely N-dealkylation sites (tertiary alicyclic amines) is 1. The lowest BCUT2D eigenvalue weighted by Crippen LogP contribution is -2.28. The molecule has 4 heteroatoms. The fourth-order valence-electron chi connectivity index (χ4n) is 3.02. The van der Waals surface area contributed by atoms with Gasteiger partial charge < -0.3 is 14.5 Å². The summed E-state index contributed by atoms with van der Waals surface area (Å²) in [5.41, 5.74) is 1.65. The molecule has 0 N–H and O–H groups in total. The number of carbonyl (C=O) groups is 1. The summed E-state index contributed by atoms with van der Waals surface area (Å²) >= 11 is 0. The molecular weight excluding hydrogens is 252 g/mol. The van der Waals surface area contributed by atoms with Crippen LogP contribution in [-0.4, -0.2) is 51.5 Å². The van der Waals surface area contributed by atoms with Gasteiger partial charge >= 0.3 is 0 Å². The minimum absolute atomic E-state index is 0.0489. The number of methoxy groups -OCH3 is 1. The van der Waals surface area contributed by atoms with Gasteiger partial charge in [0.2, 0.25) is 0 Å². The van der Waals surface area contributed by atoms with Crippen LogP contribution in [0.4, 0.5) is 5.69 Å². The Bertz CT molecular complexity index is 487. The topological polar surface area (TPSA) is 32.8 Å². The van der Waals surface area contributed by atoms with E-state index in [1.54, 1.807) is 14.0 Å². The Kier molecular flexibility index (Phi) is 4.65. The highest BCUT2D eigenvalue weighted by Crippen LogP contribution is 2.30. The van der Waals surface area contributed by atoms with Crippen LogP contribution in [0.2, 0.25) is 0 Å². The van der Waals surface area contributed by atoms with Crippen molar-refractivity contribution in [2.75, 3.05) is 45.7 Å². The first-order valence-corrected chi connectivity index (χ1v) is 7.10. The average molecular weight is 276 g/mol. The van der Waals surface area contributed by atoms with E-state index < -0.39 is 0 Å². The van der Waals surface area contributed by atoms with Crippen LogP contribution >= 0.6 is 0 Å². The quantitative estimate of drug-likeness (QED) is 0.773. The summed E-state index contributed by atoms with van der Waals surface area (Å²) in [5, 5.41) is 0. The maximum absolute atomic E-state index is 11.9. The number of benzene rings is 1. The number of ketones is 1. The van der Waals surface area contributed by atoms with Crippen molar-refractivity contribution in [3.8, 4) is 5.75 Å². The van der Waals surface area contributed by atoms with Crippen molar-refractivity contribution >= 4 is 11.5 Å². The van der Waals surface area contributed by atoms with Gasteiger partial charge in [0.1, 0.15) is 5.75 Å². The molecule has 1 fully saturated rings. The van der Waals surface area contributed by atoms with E-state index in [0.29, 0.717) is 17.2 Å². The Labute approximate surface area is 121 Å². The smallest absolute Gasteiger partial charge is 0.165 e. The number of rotatable bonds is 5. The van der Waals surface area contributed by atoms with Gasteiger partial charge in [-0.2, -0.15) is 0 Å². The van der Waals surface area contributed by atoms with Crippen LogP contribution in [0.1, 0.15) is 23.7 Å². The van der Waals surface area contributed by atoms with Crippen molar-refractivity contribution < 1.29 is 9.53 Å². The highest BCUT2D eigenvalue weighted by atomic mass is 16.5. The summed E-state index contributed by atoms with van der Waals surface area (Å²) in [6.45, 7) is 4.86. The van der Waals surface area contributed by atoms with Crippen LogP contribution in [0.15, 0.2) is 18.2 Å². The third kappa shape index (κ3) is 3.12. The maximum Gasteiger partial charge on any atom is 0.165 e. The minimum atomic E-state index is 0.0489. The molecule has 0 aliphatic carbocycles. The van der Waals surface area contributed by atoms with Gasteiger partial charge in [-0.05, 0) is 45.0 Å². The van der Waals surface area contributed by atoms with Gasteiger partial charge in [0, 0.05) is 20.1 Å². The molecule has 0 bridgehead atoms. The van der Waals surface area contributed by atoms with Crippen molar-refractivity contribution in [3.63, 3.8) is 0 Å². The first-order valence-electron chi connectivity index (χ1n) is 7.10. The standard InChI is InChI=1S/C16H24N2O2/c1-12(19)16-14(6-5-7-15(16)20-4)18(3)11-13-8-9-17(2)10-13/h5-7,13H,8-11H2,1-4H3. The zero-order valence-electron chi connectivity index (χ0n) is 12.8. The largest absolute Gasteiger partial charge is 0.496 e. The Hall–Kier alpha value is -1.55. The number of ether oxygens (including phenoxy) is 1. The lowest BCUT2D eigenvalue weighted by atomic mass is 10.0. The molecule has 1 aromatic carbocycles. The summed E-state index contributed by atoms with van der Waals surface area (Å²) in [5.74, 6) is 1.37. The summed E-state index contributed by atoms with van der Waals surface area (Å²) in [7, 11) is 5.82. The molecule has 20 heavy (non-hydrogen) atoms. The average Bonchev–Trinajstić information content (AvgIpc) is 2.82. The number of Topliss-reactive ketones (excluding diaryl/α,β-unsaturated/α-hetero) is 1. The third-order valence-electron chi connectivity index (χ3n) is 4.01. The number of hydrogen-bond acceptors (Lipinski definition) is 4. The van der Waals surface area contributed by atoms with Crippen LogP contribution in [0.25, 0.3) is 0 Å². The number of anilines is 1. The second-order valence-corrected chi connectivity index (χ2v) is 5.71. The van der Waals surface area contributed by atoms with E-state index >= 15 is 0 Å². The van der Waals surface area contributed by atoms with Gasteiger partial charge in [0.25, 0.3) is 0 Å². The van der Waals surface area contributed by atoms with E-state index in [1.165, 1.54) is 6.42 Å². The van der Waals surface area contributed by atoms with Crippen molar-refractivity contribution in [2.24, 2.45) is 5.92 Å². The molecule has 2 rings (SSSR count). The van der Waals surface area contributed by atoms with Crippen LogP contribution in [0.5, 0.6) is 5.75 Å². The van der Waals surface area contributed by atoms with Crippen molar-refractivity contribution in [1.29, 1.82) is 0 Å². The fourth-order valence-corrected chi connectivity index (χ4v) is 3.02. The molecule has 0 saturated carbocycles. The van der Waals surface area contributed by atoms with Gasteiger partial charge in [0.05, 0.1) is 18.4 Å². The lowest BCUT2D eigenvalue weighted by Gasteiger charge is -2.25. The molecule has 1 aliphatic rings. The molecule has 1 saturated heterocycles. The summed E-state index contributed by atoms with van der Waals surface area (Å²) in [4.78, 5) is 16.5. The summed E-state index contributed by atoms with van der Waals surface area (Å²) < 4.78 is 5.33. The molecule has 0 amide bonds. The molecule has 1 aromatic rings. The molecular formula is C16H24N2O2. The molecule has 1 unspecified atom stereocenters. The van der Waals surface area contributed by atoms with Gasteiger partial charge in [-0.3, -0.25) is 4.79 Å². The Morgan fingerprint density at radius 1 is 1.50 bits per heavy atom. The number of hydrogen-bond donors (Lipinski definition) is 0. The highest BCUT2D eigenvalue weighted by Gasteiger charge is 2.23. The molecule has 0 radical (unpaired) electrons. The second kappa shape index (κ2) is 6.27. The Morgan fingerprint density at radius 3 is 2.80 bits per heavy atom.